The zero-order chi connectivity index (χ0) is 40.4. The van der Waals surface area contributed by atoms with Crippen molar-refractivity contribution >= 4 is 23.9 Å². The van der Waals surface area contributed by atoms with E-state index in [0.717, 1.165) is 25.5 Å². The fraction of sp³-hybridized carbons (Fsp3) is 0.737. The Morgan fingerprint density at radius 3 is 2.07 bits per heavy atom. The number of aliphatic hydroxyl groups is 4. The van der Waals surface area contributed by atoms with Gasteiger partial charge in [0.1, 0.15) is 49.7 Å². The third-order valence-electron chi connectivity index (χ3n) is 10.4. The summed E-state index contributed by atoms with van der Waals surface area (Å²) in [6.07, 6.45) is -12.2. The second kappa shape index (κ2) is 20.7. The van der Waals surface area contributed by atoms with E-state index >= 15 is 0 Å². The van der Waals surface area contributed by atoms with Crippen LogP contribution in [0.25, 0.3) is 0 Å². The van der Waals surface area contributed by atoms with Crippen LogP contribution in [0, 0.1) is 23.7 Å². The maximum Gasteiger partial charge on any atom is 0.407 e. The maximum absolute atomic E-state index is 14.0. The van der Waals surface area contributed by atoms with Crippen LogP contribution in [0.2, 0.25) is 0 Å². The van der Waals surface area contributed by atoms with Gasteiger partial charge in [-0.15, -0.1) is 0 Å². The van der Waals surface area contributed by atoms with Gasteiger partial charge in [0.15, 0.2) is 24.8 Å². The van der Waals surface area contributed by atoms with Crippen LogP contribution in [0.15, 0.2) is 30.3 Å². The fourth-order valence-corrected chi connectivity index (χ4v) is 7.07. The van der Waals surface area contributed by atoms with Crippen molar-refractivity contribution in [2.75, 3.05) is 20.3 Å². The van der Waals surface area contributed by atoms with Crippen molar-refractivity contribution in [2.45, 2.75) is 134 Å². The lowest BCUT2D eigenvalue weighted by Crippen LogP contribution is -2.70. The summed E-state index contributed by atoms with van der Waals surface area (Å²) in [5.74, 6) is -1.92. The molecule has 1 aromatic rings. The number of nitrogens with one attached hydrogen (secondary N) is 3. The first-order valence-corrected chi connectivity index (χ1v) is 19.0. The van der Waals surface area contributed by atoms with Gasteiger partial charge in [-0.2, -0.15) is 0 Å². The molecule has 3 amide bonds. The number of methoxy groups -OCH3 is 1. The average molecular weight is 782 g/mol. The largest absolute Gasteiger partial charge is 0.468 e. The van der Waals surface area contributed by atoms with E-state index in [0.29, 0.717) is 18.8 Å². The van der Waals surface area contributed by atoms with E-state index in [1.807, 2.05) is 19.9 Å². The van der Waals surface area contributed by atoms with Crippen molar-refractivity contribution in [1.29, 1.82) is 0 Å². The molecular formula is C38H59N3O14. The first-order chi connectivity index (χ1) is 26.1. The Hall–Kier alpha value is -3.42. The number of amides is 3. The molecule has 3 aliphatic rings. The highest BCUT2D eigenvalue weighted by Crippen LogP contribution is 2.37. The van der Waals surface area contributed by atoms with Gasteiger partial charge in [-0.25, -0.2) is 4.79 Å². The van der Waals surface area contributed by atoms with Crippen LogP contribution >= 0.6 is 0 Å². The topological polar surface area (TPSA) is 241 Å². The van der Waals surface area contributed by atoms with Crippen molar-refractivity contribution < 1.29 is 68.0 Å². The molecule has 55 heavy (non-hydrogen) atoms. The van der Waals surface area contributed by atoms with Crippen LogP contribution in [0.4, 0.5) is 4.79 Å². The van der Waals surface area contributed by atoms with Gasteiger partial charge < -0.3 is 64.8 Å². The molecule has 0 spiro atoms. The molecule has 17 heteroatoms. The van der Waals surface area contributed by atoms with E-state index in [-0.39, 0.29) is 37.1 Å². The highest BCUT2D eigenvalue weighted by molar-refractivity contribution is 5.86. The van der Waals surface area contributed by atoms with E-state index < -0.39 is 91.7 Å². The van der Waals surface area contributed by atoms with Crippen molar-refractivity contribution in [1.82, 2.24) is 16.0 Å². The van der Waals surface area contributed by atoms with Crippen LogP contribution in [0.3, 0.4) is 0 Å². The van der Waals surface area contributed by atoms with Gasteiger partial charge in [-0.3, -0.25) is 14.4 Å². The van der Waals surface area contributed by atoms with Crippen LogP contribution in [0.5, 0.6) is 0 Å². The molecule has 1 saturated carbocycles. The third-order valence-corrected chi connectivity index (χ3v) is 10.4. The molecule has 310 valence electrons. The minimum Gasteiger partial charge on any atom is -0.468 e. The monoisotopic (exact) mass is 781 g/mol. The third kappa shape index (κ3) is 12.0. The number of ether oxygens (including phenoxy) is 6. The predicted molar refractivity (Wildman–Crippen MR) is 193 cm³/mol. The van der Waals surface area contributed by atoms with Gasteiger partial charge in [0.25, 0.3) is 11.8 Å². The molecule has 2 heterocycles. The Bertz CT molecular complexity index is 1400. The Morgan fingerprint density at radius 1 is 0.836 bits per heavy atom. The van der Waals surface area contributed by atoms with E-state index in [1.54, 1.807) is 24.3 Å². The van der Waals surface area contributed by atoms with Crippen molar-refractivity contribution in [2.24, 2.45) is 23.7 Å². The summed E-state index contributed by atoms with van der Waals surface area (Å²) in [5.41, 5.74) is 0.720. The lowest BCUT2D eigenvalue weighted by molar-refractivity contribution is -0.283. The highest BCUT2D eigenvalue weighted by Gasteiger charge is 2.53. The van der Waals surface area contributed by atoms with E-state index in [9.17, 15) is 39.6 Å². The minimum absolute atomic E-state index is 0.0726. The average Bonchev–Trinajstić information content (AvgIpc) is 3.15. The molecule has 2 aliphatic heterocycles. The van der Waals surface area contributed by atoms with Crippen LogP contribution in [-0.2, 0) is 49.4 Å². The summed E-state index contributed by atoms with van der Waals surface area (Å²) in [4.78, 5) is 51.5. The number of hydrogen-bond donors (Lipinski definition) is 7. The van der Waals surface area contributed by atoms with Crippen molar-refractivity contribution in [3.8, 4) is 0 Å². The molecule has 7 N–H and O–H groups in total. The molecule has 1 aliphatic carbocycles. The fourth-order valence-electron chi connectivity index (χ4n) is 7.07. The predicted octanol–water partition coefficient (Wildman–Crippen LogP) is 0.489. The summed E-state index contributed by atoms with van der Waals surface area (Å²) in [6, 6.07) is 6.08. The van der Waals surface area contributed by atoms with E-state index in [1.165, 1.54) is 0 Å². The zero-order valence-electron chi connectivity index (χ0n) is 32.4. The molecular weight excluding hydrogens is 722 g/mol. The second-order valence-corrected chi connectivity index (χ2v) is 15.4. The number of benzene rings is 1. The molecule has 0 bridgehead atoms. The number of aliphatic hydroxyl groups excluding tert-OH is 4. The lowest BCUT2D eigenvalue weighted by Gasteiger charge is -2.46. The smallest absolute Gasteiger partial charge is 0.407 e. The number of carbonyl (C=O) groups is 4. The number of hydrogen-bond acceptors (Lipinski definition) is 14. The Labute approximate surface area is 321 Å². The molecule has 3 unspecified atom stereocenters. The Kier molecular flexibility index (Phi) is 16.6. The van der Waals surface area contributed by atoms with Crippen LogP contribution in [-0.4, -0.2) is 132 Å². The first-order valence-electron chi connectivity index (χ1n) is 19.0. The summed E-state index contributed by atoms with van der Waals surface area (Å²) in [5, 5.41) is 52.3. The Morgan fingerprint density at radius 2 is 1.45 bits per heavy atom. The number of alkyl carbamates (subject to hydrolysis) is 1. The highest BCUT2D eigenvalue weighted by atomic mass is 16.7. The van der Waals surface area contributed by atoms with Gasteiger partial charge in [0.2, 0.25) is 0 Å². The van der Waals surface area contributed by atoms with Gasteiger partial charge in [-0.1, -0.05) is 71.4 Å². The lowest BCUT2D eigenvalue weighted by atomic mass is 9.75. The van der Waals surface area contributed by atoms with Crippen molar-refractivity contribution in [3.05, 3.63) is 35.9 Å². The standard InChI is InChI=1S/C38H59N3O14/c1-19(2)14-15-51-36-26(28(43)30(45)32(54-36)34(47)39-17-25(42)50-6)40-35(48)33-31(46)29(44)27(41-38(49)52-18-22-10-8-7-9-11-22)37(55-33)53-24-16-21(5)12-13-23(24)20(3)4/h7-11,19-21,23-24,26-33,36-37,43-46H,12-18H2,1-6H3,(H,39,47)(H,40,48)(H,41,49)/t21?,23?,24?,26-,27-,28-,29-,30+,31+,32+,33+,36-,37-/m1/s1. The number of rotatable bonds is 15. The molecule has 3 fully saturated rings. The maximum atomic E-state index is 14.0. The minimum atomic E-state index is -1.92. The summed E-state index contributed by atoms with van der Waals surface area (Å²) < 4.78 is 34.1. The van der Waals surface area contributed by atoms with Crippen molar-refractivity contribution in [3.63, 3.8) is 0 Å². The van der Waals surface area contributed by atoms with Gasteiger partial charge in [0.05, 0.1) is 19.8 Å². The van der Waals surface area contributed by atoms with Gasteiger partial charge in [0, 0.05) is 0 Å². The molecule has 0 aromatic heterocycles. The molecule has 2 saturated heterocycles. The number of esters is 1. The molecule has 0 radical (unpaired) electrons. The quantitative estimate of drug-likeness (QED) is 0.120. The molecule has 1 aromatic carbocycles. The van der Waals surface area contributed by atoms with E-state index in [2.05, 4.69) is 41.5 Å². The molecule has 17 nitrogen and oxygen atoms in total. The summed E-state index contributed by atoms with van der Waals surface area (Å²) in [6.45, 7) is 9.61. The molecule has 4 rings (SSSR count). The molecule has 13 atom stereocenters. The van der Waals surface area contributed by atoms with Crippen LogP contribution < -0.4 is 16.0 Å². The Balaban J connectivity index is 1.55. The zero-order valence-corrected chi connectivity index (χ0v) is 32.4. The van der Waals surface area contributed by atoms with Gasteiger partial charge in [-0.05, 0) is 48.5 Å². The van der Waals surface area contributed by atoms with Crippen LogP contribution in [0.1, 0.15) is 65.9 Å². The second-order valence-electron chi connectivity index (χ2n) is 15.4. The summed E-state index contributed by atoms with van der Waals surface area (Å²) in [7, 11) is 1.13. The SMILES string of the molecule is COC(=O)CNC(=O)[C@H]1O[C@@H](OCCC(C)C)[C@H](NC(=O)[C@H]2O[C@@H](OC3CC(C)CCC3C(C)C)[C@H](NC(=O)OCc3ccccc3)[C@@H](O)[C@@H]2O)[C@@H](O)[C@@H]1O. The van der Waals surface area contributed by atoms with Gasteiger partial charge >= 0.3 is 12.1 Å². The number of carbonyl (C=O) groups excluding carboxylic acids is 4. The first kappa shape index (κ1) is 44.3. The van der Waals surface area contributed by atoms with E-state index in [4.69, 9.17) is 23.7 Å². The summed E-state index contributed by atoms with van der Waals surface area (Å²) >= 11 is 0. The normalized spacial score (nSPS) is 33.8.